The molecule has 0 aromatic heterocycles. The fourth-order valence-electron chi connectivity index (χ4n) is 8.76. The van der Waals surface area contributed by atoms with Gasteiger partial charge in [0.2, 0.25) is 0 Å². The molecule has 0 radical (unpaired) electrons. The van der Waals surface area contributed by atoms with Crippen LogP contribution in [0.25, 0.3) is 22.3 Å². The van der Waals surface area contributed by atoms with Crippen LogP contribution in [0.3, 0.4) is 0 Å². The van der Waals surface area contributed by atoms with Crippen molar-refractivity contribution in [3.8, 4) is 22.3 Å². The number of halogens is 3. The second-order valence-electron chi connectivity index (χ2n) is 17.0. The molecule has 0 nitrogen and oxygen atoms in total. The standard InChI is InChI=1S/C48H51Br2I/c1-8-9-10-11-12-13-26-47(51)41-27-35(49)22-24-37(41)39-30-44-40(29-42(39)47)38-25-23-36(50)28-43(38)48(44,33-18-14-31(15-19-33)45(2,3)4)34-20-16-32(17-21-34)46(5,6)7/h14-25,27-30H,8-13,26H2,1-7H3. The summed E-state index contributed by atoms with van der Waals surface area (Å²) in [6.45, 7) is 16.1. The first-order valence-corrected chi connectivity index (χ1v) is 21.6. The summed E-state index contributed by atoms with van der Waals surface area (Å²) in [7, 11) is 0. The van der Waals surface area contributed by atoms with Gasteiger partial charge < -0.3 is 0 Å². The van der Waals surface area contributed by atoms with Crippen molar-refractivity contribution in [1.82, 2.24) is 0 Å². The van der Waals surface area contributed by atoms with Crippen LogP contribution in [0.2, 0.25) is 0 Å². The van der Waals surface area contributed by atoms with Gasteiger partial charge in [-0.1, -0.05) is 202 Å². The Balaban J connectivity index is 1.49. The van der Waals surface area contributed by atoms with Crippen LogP contribution in [0.5, 0.6) is 0 Å². The Labute approximate surface area is 337 Å². The van der Waals surface area contributed by atoms with Crippen LogP contribution in [0, 0.1) is 0 Å². The predicted molar refractivity (Wildman–Crippen MR) is 235 cm³/mol. The summed E-state index contributed by atoms with van der Waals surface area (Å²) < 4.78 is 2.20. The Morgan fingerprint density at radius 1 is 0.490 bits per heavy atom. The van der Waals surface area contributed by atoms with Crippen molar-refractivity contribution in [2.45, 2.75) is 113 Å². The molecule has 0 fully saturated rings. The van der Waals surface area contributed by atoms with Crippen molar-refractivity contribution in [3.63, 3.8) is 0 Å². The largest absolute Gasteiger partial charge is 0.0731 e. The van der Waals surface area contributed by atoms with Crippen molar-refractivity contribution in [1.29, 1.82) is 0 Å². The predicted octanol–water partition coefficient (Wildman–Crippen LogP) is 15.6. The second kappa shape index (κ2) is 13.9. The van der Waals surface area contributed by atoms with Crippen LogP contribution in [0.4, 0.5) is 0 Å². The number of unbranched alkanes of at least 4 members (excludes halogenated alkanes) is 5. The fourth-order valence-corrected chi connectivity index (χ4v) is 10.8. The summed E-state index contributed by atoms with van der Waals surface area (Å²) in [5.74, 6) is 0. The number of rotatable bonds is 9. The van der Waals surface area contributed by atoms with E-state index in [1.807, 2.05) is 0 Å². The summed E-state index contributed by atoms with van der Waals surface area (Å²) >= 11 is 10.6. The van der Waals surface area contributed by atoms with E-state index in [-0.39, 0.29) is 14.3 Å². The van der Waals surface area contributed by atoms with Crippen LogP contribution in [-0.2, 0) is 19.7 Å². The molecule has 1 atom stereocenters. The van der Waals surface area contributed by atoms with E-state index in [1.165, 1.54) is 105 Å². The van der Waals surface area contributed by atoms with E-state index in [1.54, 1.807) is 0 Å². The van der Waals surface area contributed by atoms with E-state index in [2.05, 4.69) is 200 Å². The molecule has 0 spiro atoms. The highest BCUT2D eigenvalue weighted by Crippen LogP contribution is 2.63. The molecule has 0 saturated heterocycles. The first-order valence-electron chi connectivity index (χ1n) is 18.9. The number of benzene rings is 5. The maximum absolute atomic E-state index is 3.93. The molecule has 2 aliphatic rings. The second-order valence-corrected chi connectivity index (χ2v) is 20.7. The minimum Gasteiger partial charge on any atom is -0.0683 e. The Morgan fingerprint density at radius 3 is 1.43 bits per heavy atom. The summed E-state index contributed by atoms with van der Waals surface area (Å²) in [6, 6.07) is 38.3. The Hall–Kier alpha value is -2.21. The molecule has 0 bridgehead atoms. The van der Waals surface area contributed by atoms with Gasteiger partial charge in [0.05, 0.1) is 8.84 Å². The minimum atomic E-state index is -0.471. The van der Waals surface area contributed by atoms with Crippen molar-refractivity contribution < 1.29 is 0 Å². The summed E-state index contributed by atoms with van der Waals surface area (Å²) in [6.07, 6.45) is 8.99. The summed E-state index contributed by atoms with van der Waals surface area (Å²) in [5.41, 5.74) is 16.2. The van der Waals surface area contributed by atoms with Crippen molar-refractivity contribution >= 4 is 54.5 Å². The molecule has 0 amide bonds. The zero-order valence-corrected chi connectivity index (χ0v) is 36.7. The Kier molecular flexibility index (Phi) is 10.1. The Bertz CT molecular complexity index is 2020. The highest BCUT2D eigenvalue weighted by Gasteiger charge is 2.49. The van der Waals surface area contributed by atoms with Gasteiger partial charge in [0.25, 0.3) is 0 Å². The number of hydrogen-bond donors (Lipinski definition) is 0. The third-order valence-electron chi connectivity index (χ3n) is 11.6. The van der Waals surface area contributed by atoms with Crippen LogP contribution in [0.1, 0.15) is 138 Å². The van der Waals surface area contributed by atoms with Gasteiger partial charge in [-0.15, -0.1) is 0 Å². The lowest BCUT2D eigenvalue weighted by Crippen LogP contribution is -2.29. The van der Waals surface area contributed by atoms with Gasteiger partial charge in [-0.2, -0.15) is 0 Å². The maximum Gasteiger partial charge on any atom is 0.0731 e. The highest BCUT2D eigenvalue weighted by molar-refractivity contribution is 14.1. The van der Waals surface area contributed by atoms with Gasteiger partial charge in [-0.3, -0.25) is 0 Å². The summed E-state index contributed by atoms with van der Waals surface area (Å²) in [4.78, 5) is 0. The lowest BCUT2D eigenvalue weighted by Gasteiger charge is -2.35. The van der Waals surface area contributed by atoms with Crippen LogP contribution >= 0.6 is 54.5 Å². The molecule has 0 heterocycles. The maximum atomic E-state index is 3.93. The molecule has 5 aromatic rings. The molecule has 3 heteroatoms. The molecule has 0 aliphatic heterocycles. The van der Waals surface area contributed by atoms with Gasteiger partial charge in [-0.25, -0.2) is 0 Å². The SMILES string of the molecule is CCCCCCCCC1(I)c2cc(Br)ccc2-c2cc3c(cc21)-c1ccc(Br)cc1C3(c1ccc(C(C)(C)C)cc1)c1ccc(C(C)(C)C)cc1. The van der Waals surface area contributed by atoms with Crippen LogP contribution in [0.15, 0.2) is 106 Å². The first kappa shape index (κ1) is 37.1. The van der Waals surface area contributed by atoms with E-state index in [0.29, 0.717) is 0 Å². The average molecular weight is 915 g/mol. The molecular weight excluding hydrogens is 863 g/mol. The van der Waals surface area contributed by atoms with Crippen molar-refractivity contribution in [2.75, 3.05) is 0 Å². The lowest BCUT2D eigenvalue weighted by atomic mass is 9.66. The van der Waals surface area contributed by atoms with Gasteiger partial charge in [0.1, 0.15) is 0 Å². The van der Waals surface area contributed by atoms with E-state index in [9.17, 15) is 0 Å². The van der Waals surface area contributed by atoms with Crippen LogP contribution < -0.4 is 0 Å². The fraction of sp³-hybridized carbons (Fsp3) is 0.375. The van der Waals surface area contributed by atoms with E-state index in [0.717, 1.165) is 15.4 Å². The third kappa shape index (κ3) is 6.43. The smallest absolute Gasteiger partial charge is 0.0683 e. The highest BCUT2D eigenvalue weighted by atomic mass is 127. The lowest BCUT2D eigenvalue weighted by molar-refractivity contribution is 0.563. The quantitative estimate of drug-likeness (QED) is 0.0770. The van der Waals surface area contributed by atoms with E-state index < -0.39 is 5.41 Å². The number of fused-ring (bicyclic) bond motifs is 6. The summed E-state index contributed by atoms with van der Waals surface area (Å²) in [5, 5.41) is 0. The van der Waals surface area contributed by atoms with Crippen molar-refractivity contribution in [3.05, 3.63) is 151 Å². The van der Waals surface area contributed by atoms with Gasteiger partial charge in [-0.05, 0) is 120 Å². The molecule has 1 unspecified atom stereocenters. The molecule has 51 heavy (non-hydrogen) atoms. The number of alkyl halides is 1. The van der Waals surface area contributed by atoms with Crippen molar-refractivity contribution in [2.24, 2.45) is 0 Å². The number of hydrogen-bond acceptors (Lipinski definition) is 0. The van der Waals surface area contributed by atoms with E-state index in [4.69, 9.17) is 0 Å². The monoisotopic (exact) mass is 912 g/mol. The molecule has 0 saturated carbocycles. The zero-order valence-electron chi connectivity index (χ0n) is 31.3. The van der Waals surface area contributed by atoms with Crippen LogP contribution in [-0.4, -0.2) is 0 Å². The average Bonchev–Trinajstić information content (AvgIpc) is 3.50. The normalized spacial score (nSPS) is 17.2. The topological polar surface area (TPSA) is 0 Å². The molecule has 264 valence electrons. The molecule has 7 rings (SSSR count). The first-order chi connectivity index (χ1) is 24.2. The third-order valence-corrected chi connectivity index (χ3v) is 14.3. The molecule has 5 aromatic carbocycles. The van der Waals surface area contributed by atoms with Gasteiger partial charge in [0, 0.05) is 8.95 Å². The van der Waals surface area contributed by atoms with Gasteiger partial charge >= 0.3 is 0 Å². The van der Waals surface area contributed by atoms with Gasteiger partial charge in [0.15, 0.2) is 0 Å². The molecule has 2 aliphatic carbocycles. The molecular formula is C48H51Br2I. The Morgan fingerprint density at radius 2 is 0.902 bits per heavy atom. The minimum absolute atomic E-state index is 0.0739. The van der Waals surface area contributed by atoms with E-state index >= 15 is 0 Å². The zero-order chi connectivity index (χ0) is 36.3. The molecule has 0 N–H and O–H groups in total.